The van der Waals surface area contributed by atoms with E-state index in [1.54, 1.807) is 0 Å². The second-order valence-electron chi connectivity index (χ2n) is 6.04. The Morgan fingerprint density at radius 1 is 1.18 bits per heavy atom. The third kappa shape index (κ3) is 3.21. The standard InChI is InChI=1S/C14H28N2O/c1-11(2)12-3-6-16(7-4-12)14(9-15)13-5-8-17-10-13/h11-14H,3-10,15H2,1-2H3. The second kappa shape index (κ2) is 6.17. The Balaban J connectivity index is 1.85. The smallest absolute Gasteiger partial charge is 0.0510 e. The molecule has 3 heteroatoms. The number of nitrogens with zero attached hydrogens (tertiary/aromatic N) is 1. The number of ether oxygens (including phenoxy) is 1. The first-order valence-electron chi connectivity index (χ1n) is 7.24. The second-order valence-corrected chi connectivity index (χ2v) is 6.04. The van der Waals surface area contributed by atoms with Gasteiger partial charge in [0.25, 0.3) is 0 Å². The van der Waals surface area contributed by atoms with Crippen molar-refractivity contribution >= 4 is 0 Å². The van der Waals surface area contributed by atoms with E-state index in [1.807, 2.05) is 0 Å². The van der Waals surface area contributed by atoms with Crippen molar-refractivity contribution in [3.8, 4) is 0 Å². The highest BCUT2D eigenvalue weighted by atomic mass is 16.5. The first-order valence-corrected chi connectivity index (χ1v) is 7.24. The predicted octanol–water partition coefficient (Wildman–Crippen LogP) is 1.72. The molecule has 2 fully saturated rings. The van der Waals surface area contributed by atoms with Gasteiger partial charge in [0.1, 0.15) is 0 Å². The number of hydrogen-bond acceptors (Lipinski definition) is 3. The van der Waals surface area contributed by atoms with Crippen LogP contribution in [0.25, 0.3) is 0 Å². The molecule has 0 aromatic rings. The summed E-state index contributed by atoms with van der Waals surface area (Å²) in [5, 5.41) is 0. The lowest BCUT2D eigenvalue weighted by Gasteiger charge is -2.40. The van der Waals surface area contributed by atoms with Crippen molar-refractivity contribution in [2.45, 2.75) is 39.2 Å². The van der Waals surface area contributed by atoms with Gasteiger partial charge in [0.05, 0.1) is 6.61 Å². The highest BCUT2D eigenvalue weighted by Gasteiger charge is 2.32. The van der Waals surface area contributed by atoms with E-state index in [0.717, 1.165) is 31.6 Å². The fraction of sp³-hybridized carbons (Fsp3) is 1.00. The molecule has 2 saturated heterocycles. The summed E-state index contributed by atoms with van der Waals surface area (Å²) in [4.78, 5) is 2.62. The Kier molecular flexibility index (Phi) is 4.83. The number of nitrogens with two attached hydrogens (primary N) is 1. The summed E-state index contributed by atoms with van der Waals surface area (Å²) in [6.45, 7) is 9.83. The third-order valence-corrected chi connectivity index (χ3v) is 4.74. The molecule has 0 bridgehead atoms. The molecule has 2 N–H and O–H groups in total. The van der Waals surface area contributed by atoms with E-state index in [1.165, 1.54) is 32.4 Å². The molecule has 0 saturated carbocycles. The Bertz CT molecular complexity index is 218. The molecule has 0 radical (unpaired) electrons. The average molecular weight is 240 g/mol. The largest absolute Gasteiger partial charge is 0.381 e. The van der Waals surface area contributed by atoms with Crippen molar-refractivity contribution < 1.29 is 4.74 Å². The normalized spacial score (nSPS) is 30.0. The summed E-state index contributed by atoms with van der Waals surface area (Å²) >= 11 is 0. The molecule has 2 rings (SSSR count). The Morgan fingerprint density at radius 3 is 2.35 bits per heavy atom. The summed E-state index contributed by atoms with van der Waals surface area (Å²) in [6.07, 6.45) is 3.90. The molecule has 2 atom stereocenters. The van der Waals surface area contributed by atoms with Crippen LogP contribution in [0.5, 0.6) is 0 Å². The van der Waals surface area contributed by atoms with E-state index in [4.69, 9.17) is 10.5 Å². The van der Waals surface area contributed by atoms with Crippen LogP contribution in [0.2, 0.25) is 0 Å². The summed E-state index contributed by atoms with van der Waals surface area (Å²) in [5.41, 5.74) is 5.98. The minimum atomic E-state index is 0.561. The molecular formula is C14H28N2O. The summed E-state index contributed by atoms with van der Waals surface area (Å²) in [5.74, 6) is 2.43. The Hall–Kier alpha value is -0.120. The van der Waals surface area contributed by atoms with Gasteiger partial charge in [-0.2, -0.15) is 0 Å². The van der Waals surface area contributed by atoms with Gasteiger partial charge in [-0.25, -0.2) is 0 Å². The molecule has 0 aliphatic carbocycles. The molecule has 0 spiro atoms. The monoisotopic (exact) mass is 240 g/mol. The van der Waals surface area contributed by atoms with Gasteiger partial charge in [0, 0.05) is 25.1 Å². The molecule has 0 amide bonds. The van der Waals surface area contributed by atoms with E-state index in [0.29, 0.717) is 12.0 Å². The van der Waals surface area contributed by atoms with Crippen molar-refractivity contribution in [1.29, 1.82) is 0 Å². The zero-order chi connectivity index (χ0) is 12.3. The molecule has 0 aromatic heterocycles. The van der Waals surface area contributed by atoms with Crippen molar-refractivity contribution in [2.24, 2.45) is 23.5 Å². The first-order chi connectivity index (χ1) is 8.22. The van der Waals surface area contributed by atoms with E-state index < -0.39 is 0 Å². The summed E-state index contributed by atoms with van der Waals surface area (Å²) < 4.78 is 5.51. The van der Waals surface area contributed by atoms with Crippen LogP contribution in [-0.2, 0) is 4.74 Å². The summed E-state index contributed by atoms with van der Waals surface area (Å²) in [7, 11) is 0. The molecule has 2 aliphatic heterocycles. The molecule has 3 nitrogen and oxygen atoms in total. The van der Waals surface area contributed by atoms with Crippen LogP contribution in [0.15, 0.2) is 0 Å². The fourth-order valence-electron chi connectivity index (χ4n) is 3.41. The summed E-state index contributed by atoms with van der Waals surface area (Å²) in [6, 6.07) is 0.561. The minimum Gasteiger partial charge on any atom is -0.381 e. The van der Waals surface area contributed by atoms with Gasteiger partial charge in [0.2, 0.25) is 0 Å². The quantitative estimate of drug-likeness (QED) is 0.813. The van der Waals surface area contributed by atoms with E-state index in [-0.39, 0.29) is 0 Å². The molecular weight excluding hydrogens is 212 g/mol. The van der Waals surface area contributed by atoms with Crippen LogP contribution in [0, 0.1) is 17.8 Å². The first kappa shape index (κ1) is 13.3. The van der Waals surface area contributed by atoms with Gasteiger partial charge in [-0.3, -0.25) is 4.90 Å². The van der Waals surface area contributed by atoms with Crippen molar-refractivity contribution in [3.05, 3.63) is 0 Å². The SMILES string of the molecule is CC(C)C1CCN(C(CN)C2CCOC2)CC1. The third-order valence-electron chi connectivity index (χ3n) is 4.74. The number of piperidine rings is 1. The number of hydrogen-bond donors (Lipinski definition) is 1. The van der Waals surface area contributed by atoms with E-state index in [9.17, 15) is 0 Å². The maximum absolute atomic E-state index is 5.98. The van der Waals surface area contributed by atoms with Crippen LogP contribution in [0.3, 0.4) is 0 Å². The molecule has 0 aromatic carbocycles. The predicted molar refractivity (Wildman–Crippen MR) is 70.9 cm³/mol. The zero-order valence-corrected chi connectivity index (χ0v) is 11.4. The van der Waals surface area contributed by atoms with E-state index >= 15 is 0 Å². The van der Waals surface area contributed by atoms with Gasteiger partial charge >= 0.3 is 0 Å². The van der Waals surface area contributed by atoms with Crippen molar-refractivity contribution in [2.75, 3.05) is 32.8 Å². The van der Waals surface area contributed by atoms with Crippen LogP contribution < -0.4 is 5.73 Å². The Morgan fingerprint density at radius 2 is 1.88 bits per heavy atom. The van der Waals surface area contributed by atoms with Gasteiger partial charge in [-0.05, 0) is 44.2 Å². The van der Waals surface area contributed by atoms with Crippen LogP contribution in [0.4, 0.5) is 0 Å². The van der Waals surface area contributed by atoms with Crippen LogP contribution in [-0.4, -0.2) is 43.8 Å². The van der Waals surface area contributed by atoms with Gasteiger partial charge in [0.15, 0.2) is 0 Å². The fourth-order valence-corrected chi connectivity index (χ4v) is 3.41. The average Bonchev–Trinajstić information content (AvgIpc) is 2.84. The lowest BCUT2D eigenvalue weighted by Crippen LogP contribution is -2.49. The van der Waals surface area contributed by atoms with Crippen molar-refractivity contribution in [3.63, 3.8) is 0 Å². The minimum absolute atomic E-state index is 0.561. The molecule has 100 valence electrons. The van der Waals surface area contributed by atoms with Crippen LogP contribution >= 0.6 is 0 Å². The maximum Gasteiger partial charge on any atom is 0.0510 e. The molecule has 2 unspecified atom stereocenters. The topological polar surface area (TPSA) is 38.5 Å². The maximum atomic E-state index is 5.98. The van der Waals surface area contributed by atoms with Gasteiger partial charge in [-0.15, -0.1) is 0 Å². The molecule has 2 heterocycles. The van der Waals surface area contributed by atoms with Gasteiger partial charge < -0.3 is 10.5 Å². The molecule has 17 heavy (non-hydrogen) atoms. The molecule has 2 aliphatic rings. The van der Waals surface area contributed by atoms with Crippen LogP contribution in [0.1, 0.15) is 33.1 Å². The zero-order valence-electron chi connectivity index (χ0n) is 11.4. The highest BCUT2D eigenvalue weighted by molar-refractivity contribution is 4.86. The van der Waals surface area contributed by atoms with Crippen molar-refractivity contribution in [1.82, 2.24) is 4.90 Å². The lowest BCUT2D eigenvalue weighted by molar-refractivity contribution is 0.0783. The Labute approximate surface area is 106 Å². The number of likely N-dealkylation sites (tertiary alicyclic amines) is 1. The van der Waals surface area contributed by atoms with E-state index in [2.05, 4.69) is 18.7 Å². The number of rotatable bonds is 4. The lowest BCUT2D eigenvalue weighted by atomic mass is 9.85. The van der Waals surface area contributed by atoms with Gasteiger partial charge in [-0.1, -0.05) is 13.8 Å². The highest BCUT2D eigenvalue weighted by Crippen LogP contribution is 2.28.